The number of aromatic carboxylic acids is 1. The number of carbonyl (C=O) groups excluding carboxylic acids is 1. The number of rotatable bonds is 9. The fraction of sp³-hybridized carbons (Fsp3) is 0.533. The van der Waals surface area contributed by atoms with Crippen LogP contribution in [0.25, 0.3) is 0 Å². The van der Waals surface area contributed by atoms with Gasteiger partial charge in [-0.15, -0.1) is 0 Å². The fourth-order valence-electron chi connectivity index (χ4n) is 2.17. The maximum atomic E-state index is 12.3. The van der Waals surface area contributed by atoms with Crippen molar-refractivity contribution in [2.24, 2.45) is 0 Å². The van der Waals surface area contributed by atoms with E-state index in [1.165, 1.54) is 12.1 Å². The largest absolute Gasteiger partial charge is 0.481 e. The van der Waals surface area contributed by atoms with Crippen molar-refractivity contribution in [2.45, 2.75) is 39.0 Å². The van der Waals surface area contributed by atoms with Crippen molar-refractivity contribution in [2.75, 3.05) is 13.1 Å². The predicted octanol–water partition coefficient (Wildman–Crippen LogP) is 2.18. The van der Waals surface area contributed by atoms with Crippen molar-refractivity contribution in [1.82, 2.24) is 4.90 Å². The molecule has 0 radical (unpaired) electrons. The van der Waals surface area contributed by atoms with Gasteiger partial charge in [0.15, 0.2) is 0 Å². The van der Waals surface area contributed by atoms with E-state index < -0.39 is 17.9 Å². The Morgan fingerprint density at radius 3 is 2.14 bits per heavy atom. The summed E-state index contributed by atoms with van der Waals surface area (Å²) in [7, 11) is 0. The Hall–Kier alpha value is -2.31. The number of amides is 1. The molecule has 1 unspecified atom stereocenters. The van der Waals surface area contributed by atoms with Crippen LogP contribution < -0.4 is 0 Å². The lowest BCUT2D eigenvalue weighted by atomic mass is 10.0. The second-order valence-electron chi connectivity index (χ2n) is 4.98. The van der Waals surface area contributed by atoms with E-state index in [4.69, 9.17) is 9.52 Å². The number of carboxylic acid groups (broad SMARTS) is 2. The molecule has 0 fully saturated rings. The van der Waals surface area contributed by atoms with Gasteiger partial charge in [0.05, 0.1) is 0 Å². The third kappa shape index (κ3) is 4.61. The molecule has 7 heteroatoms. The maximum absolute atomic E-state index is 12.3. The minimum absolute atomic E-state index is 0.0220. The van der Waals surface area contributed by atoms with Crippen LogP contribution in [0.4, 0.5) is 0 Å². The molecule has 0 spiro atoms. The standard InChI is InChI=1S/C15H21NO6/c1-3-7-16(8-4-2)13(17)9-10(14(18)19)11-5-6-12(22-11)15(20)21/h5-6,10H,3-4,7-9H2,1-2H3,(H,18,19)(H,20,21). The minimum Gasteiger partial charge on any atom is -0.481 e. The van der Waals surface area contributed by atoms with Gasteiger partial charge in [-0.1, -0.05) is 13.8 Å². The van der Waals surface area contributed by atoms with Crippen LogP contribution in [0.15, 0.2) is 16.5 Å². The summed E-state index contributed by atoms with van der Waals surface area (Å²) in [5, 5.41) is 18.1. The van der Waals surface area contributed by atoms with Gasteiger partial charge < -0.3 is 19.5 Å². The van der Waals surface area contributed by atoms with Crippen LogP contribution in [0.3, 0.4) is 0 Å². The molecule has 0 aromatic carbocycles. The molecule has 1 aromatic rings. The summed E-state index contributed by atoms with van der Waals surface area (Å²) in [5.41, 5.74) is 0. The van der Waals surface area contributed by atoms with Gasteiger partial charge in [-0.25, -0.2) is 4.79 Å². The zero-order chi connectivity index (χ0) is 16.7. The van der Waals surface area contributed by atoms with E-state index in [-0.39, 0.29) is 23.8 Å². The number of nitrogens with zero attached hydrogens (tertiary/aromatic N) is 1. The van der Waals surface area contributed by atoms with Crippen molar-refractivity contribution in [1.29, 1.82) is 0 Å². The third-order valence-corrected chi connectivity index (χ3v) is 3.20. The molecule has 2 N–H and O–H groups in total. The van der Waals surface area contributed by atoms with Crippen LogP contribution in [0, 0.1) is 0 Å². The van der Waals surface area contributed by atoms with E-state index in [2.05, 4.69) is 0 Å². The Bertz CT molecular complexity index is 530. The van der Waals surface area contributed by atoms with Gasteiger partial charge in [0.2, 0.25) is 11.7 Å². The topological polar surface area (TPSA) is 108 Å². The number of furan rings is 1. The fourth-order valence-corrected chi connectivity index (χ4v) is 2.17. The summed E-state index contributed by atoms with van der Waals surface area (Å²) < 4.78 is 5.02. The lowest BCUT2D eigenvalue weighted by molar-refractivity contribution is -0.143. The molecule has 0 bridgehead atoms. The highest BCUT2D eigenvalue weighted by atomic mass is 16.4. The Labute approximate surface area is 128 Å². The Morgan fingerprint density at radius 2 is 1.73 bits per heavy atom. The van der Waals surface area contributed by atoms with Gasteiger partial charge in [-0.05, 0) is 25.0 Å². The quantitative estimate of drug-likeness (QED) is 0.723. The molecule has 1 aromatic heterocycles. The SMILES string of the molecule is CCCN(CCC)C(=O)CC(C(=O)O)c1ccc(C(=O)O)o1. The highest BCUT2D eigenvalue weighted by Crippen LogP contribution is 2.24. The molecule has 7 nitrogen and oxygen atoms in total. The molecule has 1 heterocycles. The molecular formula is C15H21NO6. The van der Waals surface area contributed by atoms with Crippen LogP contribution in [-0.2, 0) is 9.59 Å². The van der Waals surface area contributed by atoms with Crippen molar-refractivity contribution < 1.29 is 29.0 Å². The van der Waals surface area contributed by atoms with Crippen LogP contribution in [0.5, 0.6) is 0 Å². The Morgan fingerprint density at radius 1 is 1.14 bits per heavy atom. The van der Waals surface area contributed by atoms with E-state index in [0.29, 0.717) is 13.1 Å². The maximum Gasteiger partial charge on any atom is 0.371 e. The first-order valence-corrected chi connectivity index (χ1v) is 7.24. The average Bonchev–Trinajstić information content (AvgIpc) is 2.93. The summed E-state index contributed by atoms with van der Waals surface area (Å²) in [5.74, 6) is -4.31. The molecule has 22 heavy (non-hydrogen) atoms. The van der Waals surface area contributed by atoms with E-state index in [1.54, 1.807) is 4.90 Å². The van der Waals surface area contributed by atoms with Crippen molar-refractivity contribution >= 4 is 17.8 Å². The Kier molecular flexibility index (Phi) is 6.62. The monoisotopic (exact) mass is 311 g/mol. The summed E-state index contributed by atoms with van der Waals surface area (Å²) in [6.45, 7) is 5.02. The van der Waals surface area contributed by atoms with E-state index in [0.717, 1.165) is 12.8 Å². The highest BCUT2D eigenvalue weighted by molar-refractivity contribution is 5.87. The molecule has 0 aliphatic carbocycles. The molecule has 1 amide bonds. The second-order valence-corrected chi connectivity index (χ2v) is 4.98. The normalized spacial score (nSPS) is 11.9. The first kappa shape index (κ1) is 17.7. The third-order valence-electron chi connectivity index (χ3n) is 3.20. The zero-order valence-electron chi connectivity index (χ0n) is 12.7. The van der Waals surface area contributed by atoms with Crippen molar-refractivity contribution in [3.05, 3.63) is 23.7 Å². The van der Waals surface area contributed by atoms with Gasteiger partial charge >= 0.3 is 11.9 Å². The lowest BCUT2D eigenvalue weighted by Crippen LogP contribution is -2.34. The smallest absolute Gasteiger partial charge is 0.371 e. The van der Waals surface area contributed by atoms with Crippen molar-refractivity contribution in [3.8, 4) is 0 Å². The average molecular weight is 311 g/mol. The number of hydrogen-bond acceptors (Lipinski definition) is 4. The van der Waals surface area contributed by atoms with Gasteiger partial charge in [0, 0.05) is 19.5 Å². The number of hydrogen-bond donors (Lipinski definition) is 2. The Balaban J connectivity index is 2.88. The molecule has 0 saturated heterocycles. The molecule has 0 aliphatic rings. The van der Waals surface area contributed by atoms with Crippen LogP contribution in [0.1, 0.15) is 55.3 Å². The number of carboxylic acids is 2. The second kappa shape index (κ2) is 8.21. The van der Waals surface area contributed by atoms with Crippen LogP contribution in [-0.4, -0.2) is 46.0 Å². The molecule has 1 atom stereocenters. The first-order valence-electron chi connectivity index (χ1n) is 7.24. The summed E-state index contributed by atoms with van der Waals surface area (Å²) >= 11 is 0. The zero-order valence-corrected chi connectivity index (χ0v) is 12.7. The molecule has 1 rings (SSSR count). The minimum atomic E-state index is -1.28. The van der Waals surface area contributed by atoms with E-state index in [9.17, 15) is 19.5 Å². The lowest BCUT2D eigenvalue weighted by Gasteiger charge is -2.22. The summed E-state index contributed by atoms with van der Waals surface area (Å²) in [6, 6.07) is 2.48. The van der Waals surface area contributed by atoms with Gasteiger partial charge in [-0.2, -0.15) is 0 Å². The van der Waals surface area contributed by atoms with E-state index in [1.807, 2.05) is 13.8 Å². The molecule has 0 aliphatic heterocycles. The van der Waals surface area contributed by atoms with Gasteiger partial charge in [0.25, 0.3) is 0 Å². The van der Waals surface area contributed by atoms with Gasteiger partial charge in [0.1, 0.15) is 11.7 Å². The van der Waals surface area contributed by atoms with Gasteiger partial charge in [-0.3, -0.25) is 9.59 Å². The summed E-state index contributed by atoms with van der Waals surface area (Å²) in [4.78, 5) is 36.0. The predicted molar refractivity (Wildman–Crippen MR) is 77.8 cm³/mol. The molecular weight excluding hydrogens is 290 g/mol. The molecule has 122 valence electrons. The number of carbonyl (C=O) groups is 3. The summed E-state index contributed by atoms with van der Waals surface area (Å²) in [6.07, 6.45) is 1.32. The van der Waals surface area contributed by atoms with Crippen LogP contribution >= 0.6 is 0 Å². The highest BCUT2D eigenvalue weighted by Gasteiger charge is 2.29. The first-order chi connectivity index (χ1) is 10.4. The molecule has 0 saturated carbocycles. The van der Waals surface area contributed by atoms with E-state index >= 15 is 0 Å². The number of aliphatic carboxylic acids is 1. The van der Waals surface area contributed by atoms with Crippen LogP contribution in [0.2, 0.25) is 0 Å². The van der Waals surface area contributed by atoms with Crippen molar-refractivity contribution in [3.63, 3.8) is 0 Å².